The number of piperidine rings is 2. The molecule has 0 spiro atoms. The number of pyridine rings is 1. The topological polar surface area (TPSA) is 60.2 Å². The molecular weight excluding hydrogens is 379 g/mol. The molecule has 2 unspecified atom stereocenters. The molecule has 0 saturated carbocycles. The molecule has 4 rings (SSSR count). The molecule has 2 aliphatic heterocycles. The summed E-state index contributed by atoms with van der Waals surface area (Å²) in [6.45, 7) is 5.63. The molecule has 2 aromatic rings. The molecule has 0 N–H and O–H groups in total. The van der Waals surface area contributed by atoms with Gasteiger partial charge in [0.05, 0.1) is 5.52 Å². The summed E-state index contributed by atoms with van der Waals surface area (Å²) in [5, 5.41) is 10.2. The summed E-state index contributed by atoms with van der Waals surface area (Å²) in [5.74, 6) is 0.542. The van der Waals surface area contributed by atoms with E-state index in [4.69, 9.17) is 0 Å². The minimum Gasteiger partial charge on any atom is -0.342 e. The molecule has 2 fully saturated rings. The number of aromatic nitrogens is 1. The van der Waals surface area contributed by atoms with Crippen LogP contribution in [0.2, 0.25) is 0 Å². The second kappa shape index (κ2) is 8.69. The predicted octanol–water partition coefficient (Wildman–Crippen LogP) is 3.93. The zero-order valence-electron chi connectivity index (χ0n) is 17.8. The predicted molar refractivity (Wildman–Crippen MR) is 114 cm³/mol. The minimum atomic E-state index is -0.527. The molecule has 5 nitrogen and oxygen atoms in total. The summed E-state index contributed by atoms with van der Waals surface area (Å²) < 4.78 is 14.7. The van der Waals surface area contributed by atoms with E-state index >= 15 is 0 Å². The van der Waals surface area contributed by atoms with Gasteiger partial charge in [-0.15, -0.1) is 0 Å². The van der Waals surface area contributed by atoms with E-state index in [0.29, 0.717) is 30.3 Å². The Balaban J connectivity index is 1.57. The molecule has 0 radical (unpaired) electrons. The van der Waals surface area contributed by atoms with Crippen molar-refractivity contribution < 1.29 is 9.18 Å². The molecule has 2 atom stereocenters. The van der Waals surface area contributed by atoms with Crippen LogP contribution in [-0.4, -0.2) is 53.9 Å². The zero-order valence-corrected chi connectivity index (χ0v) is 17.8. The first-order valence-electron chi connectivity index (χ1n) is 10.9. The molecule has 2 saturated heterocycles. The van der Waals surface area contributed by atoms with Gasteiger partial charge in [-0.3, -0.25) is 9.78 Å². The molecule has 3 heterocycles. The van der Waals surface area contributed by atoms with Crippen LogP contribution >= 0.6 is 0 Å². The van der Waals surface area contributed by atoms with Crippen molar-refractivity contribution in [3.05, 3.63) is 41.3 Å². The largest absolute Gasteiger partial charge is 0.342 e. The molecule has 1 aromatic carbocycles. The van der Waals surface area contributed by atoms with E-state index in [1.807, 2.05) is 23.1 Å². The van der Waals surface area contributed by atoms with E-state index in [2.05, 4.69) is 23.9 Å². The van der Waals surface area contributed by atoms with Gasteiger partial charge in [-0.25, -0.2) is 4.39 Å². The highest BCUT2D eigenvalue weighted by molar-refractivity contribution is 5.88. The summed E-state index contributed by atoms with van der Waals surface area (Å²) in [5.41, 5.74) is 1.27. The Hall–Kier alpha value is -2.52. The molecule has 158 valence electrons. The third kappa shape index (κ3) is 4.17. The van der Waals surface area contributed by atoms with Gasteiger partial charge in [0, 0.05) is 37.0 Å². The van der Waals surface area contributed by atoms with Crippen molar-refractivity contribution >= 4 is 16.8 Å². The van der Waals surface area contributed by atoms with Crippen molar-refractivity contribution in [1.82, 2.24) is 14.8 Å². The number of fused-ring (bicyclic) bond motifs is 1. The maximum absolute atomic E-state index is 14.7. The van der Waals surface area contributed by atoms with Gasteiger partial charge in [-0.05, 0) is 68.9 Å². The number of carbonyl (C=O) groups is 1. The van der Waals surface area contributed by atoms with Crippen LogP contribution < -0.4 is 0 Å². The molecule has 1 aromatic heterocycles. The molecule has 1 amide bonds. The van der Waals surface area contributed by atoms with Crippen molar-refractivity contribution in [2.45, 2.75) is 38.5 Å². The van der Waals surface area contributed by atoms with E-state index in [1.54, 1.807) is 6.20 Å². The second-order valence-electron chi connectivity index (χ2n) is 9.12. The molecule has 0 bridgehead atoms. The van der Waals surface area contributed by atoms with E-state index < -0.39 is 5.82 Å². The molecular formula is C24H29FN4O. The van der Waals surface area contributed by atoms with Crippen LogP contribution in [0.4, 0.5) is 4.39 Å². The Morgan fingerprint density at radius 2 is 2.10 bits per heavy atom. The van der Waals surface area contributed by atoms with Gasteiger partial charge < -0.3 is 9.80 Å². The van der Waals surface area contributed by atoms with Crippen molar-refractivity contribution in [2.24, 2.45) is 11.8 Å². The highest BCUT2D eigenvalue weighted by Gasteiger charge is 2.32. The average Bonchev–Trinajstić information content (AvgIpc) is 2.74. The van der Waals surface area contributed by atoms with Crippen molar-refractivity contribution in [1.29, 1.82) is 5.26 Å². The van der Waals surface area contributed by atoms with Gasteiger partial charge in [0.25, 0.3) is 0 Å². The first kappa shape index (κ1) is 20.7. The van der Waals surface area contributed by atoms with E-state index in [-0.39, 0.29) is 17.4 Å². The lowest BCUT2D eigenvalue weighted by molar-refractivity contribution is -0.134. The van der Waals surface area contributed by atoms with Crippen LogP contribution in [0.25, 0.3) is 10.9 Å². The lowest BCUT2D eigenvalue weighted by Gasteiger charge is -2.38. The Bertz CT molecular complexity index is 977. The highest BCUT2D eigenvalue weighted by atomic mass is 19.1. The van der Waals surface area contributed by atoms with Crippen molar-refractivity contribution in [3.8, 4) is 6.07 Å². The summed E-state index contributed by atoms with van der Waals surface area (Å²) >= 11 is 0. The van der Waals surface area contributed by atoms with E-state index in [0.717, 1.165) is 49.8 Å². The number of nitriles is 1. The average molecular weight is 409 g/mol. The Labute approximate surface area is 177 Å². The third-order valence-electron chi connectivity index (χ3n) is 6.74. The van der Waals surface area contributed by atoms with E-state index in [1.165, 1.54) is 6.07 Å². The van der Waals surface area contributed by atoms with E-state index in [9.17, 15) is 14.4 Å². The van der Waals surface area contributed by atoms with Crippen molar-refractivity contribution in [2.75, 3.05) is 33.2 Å². The Morgan fingerprint density at radius 3 is 2.83 bits per heavy atom. The van der Waals surface area contributed by atoms with Crippen LogP contribution in [0.5, 0.6) is 0 Å². The summed E-state index contributed by atoms with van der Waals surface area (Å²) in [6, 6.07) is 7.16. The maximum atomic E-state index is 14.7. The first-order chi connectivity index (χ1) is 14.5. The molecule has 30 heavy (non-hydrogen) atoms. The first-order valence-corrected chi connectivity index (χ1v) is 10.9. The lowest BCUT2D eigenvalue weighted by atomic mass is 9.82. The van der Waals surface area contributed by atoms with Gasteiger partial charge in [-0.1, -0.05) is 13.0 Å². The van der Waals surface area contributed by atoms with Gasteiger partial charge in [0.15, 0.2) is 0 Å². The second-order valence-corrected chi connectivity index (χ2v) is 9.12. The van der Waals surface area contributed by atoms with Gasteiger partial charge in [-0.2, -0.15) is 5.26 Å². The number of rotatable bonds is 3. The van der Waals surface area contributed by atoms with Gasteiger partial charge in [0.1, 0.15) is 17.4 Å². The van der Waals surface area contributed by atoms with Crippen LogP contribution in [0.1, 0.15) is 49.7 Å². The van der Waals surface area contributed by atoms with Crippen LogP contribution in [0.3, 0.4) is 0 Å². The van der Waals surface area contributed by atoms with Gasteiger partial charge in [0.2, 0.25) is 5.91 Å². The maximum Gasteiger partial charge on any atom is 0.222 e. The number of hydrogen-bond acceptors (Lipinski definition) is 4. The summed E-state index contributed by atoms with van der Waals surface area (Å²) in [4.78, 5) is 21.7. The number of likely N-dealkylation sites (tertiary alicyclic amines) is 2. The molecule has 6 heteroatoms. The Kier molecular flexibility index (Phi) is 6.01. The number of amides is 1. The number of benzene rings is 1. The minimum absolute atomic E-state index is 0.00610. The highest BCUT2D eigenvalue weighted by Crippen LogP contribution is 2.36. The number of nitrogens with zero attached hydrogens (tertiary/aromatic N) is 4. The SMILES string of the molecule is CC1CC(c2cc(F)c(C#N)c3ncccc23)CN(C(=O)CC2CCN(C)CC2)C1. The zero-order chi connectivity index (χ0) is 21.3. The van der Waals surface area contributed by atoms with Gasteiger partial charge >= 0.3 is 0 Å². The van der Waals surface area contributed by atoms with Crippen LogP contribution in [0, 0.1) is 29.0 Å². The van der Waals surface area contributed by atoms with Crippen LogP contribution in [0.15, 0.2) is 24.4 Å². The molecule has 2 aliphatic rings. The number of halogens is 1. The Morgan fingerprint density at radius 1 is 1.33 bits per heavy atom. The normalized spacial score (nSPS) is 23.5. The quantitative estimate of drug-likeness (QED) is 0.772. The fourth-order valence-corrected chi connectivity index (χ4v) is 5.10. The van der Waals surface area contributed by atoms with Crippen molar-refractivity contribution in [3.63, 3.8) is 0 Å². The number of carbonyl (C=O) groups excluding carboxylic acids is 1. The van der Waals surface area contributed by atoms with Crippen LogP contribution in [-0.2, 0) is 4.79 Å². The smallest absolute Gasteiger partial charge is 0.222 e. The fourth-order valence-electron chi connectivity index (χ4n) is 5.10. The fraction of sp³-hybridized carbons (Fsp3) is 0.542. The lowest BCUT2D eigenvalue weighted by Crippen LogP contribution is -2.43. The molecule has 0 aliphatic carbocycles. The number of hydrogen-bond donors (Lipinski definition) is 0. The third-order valence-corrected chi connectivity index (χ3v) is 6.74. The summed E-state index contributed by atoms with van der Waals surface area (Å²) in [7, 11) is 2.13. The standard InChI is InChI=1S/C24H29FN4O/c1-16-10-18(15-29(14-16)23(30)11-17-5-8-28(2)9-6-17)20-12-22(25)21(13-26)24-19(20)4-3-7-27-24/h3-4,7,12,16-18H,5-6,8-11,14-15H2,1-2H3. The summed E-state index contributed by atoms with van der Waals surface area (Å²) in [6.07, 6.45) is 5.25. The monoisotopic (exact) mass is 408 g/mol.